The molecule has 0 unspecified atom stereocenters. The monoisotopic (exact) mass is 298 g/mol. The number of rotatable bonds is 1. The molecule has 120 valence electrons. The fraction of sp³-hybridized carbons (Fsp3) is 0.714. The quantitative estimate of drug-likeness (QED) is 0.673. The van der Waals surface area contributed by atoms with Crippen LogP contribution in [-0.4, -0.2) is 11.2 Å². The van der Waals surface area contributed by atoms with E-state index < -0.39 is 0 Å². The summed E-state index contributed by atoms with van der Waals surface area (Å²) < 4.78 is 0. The number of hydrogen-bond donors (Lipinski definition) is 1. The van der Waals surface area contributed by atoms with Gasteiger partial charge in [-0.1, -0.05) is 56.2 Å². The molecule has 0 aromatic carbocycles. The number of allylic oxidation sites excluding steroid dienone is 6. The van der Waals surface area contributed by atoms with Crippen molar-refractivity contribution < 1.29 is 5.11 Å². The summed E-state index contributed by atoms with van der Waals surface area (Å²) in [7, 11) is 0. The predicted molar refractivity (Wildman–Crippen MR) is 91.4 cm³/mol. The van der Waals surface area contributed by atoms with E-state index in [1.165, 1.54) is 19.3 Å². The van der Waals surface area contributed by atoms with E-state index in [0.29, 0.717) is 11.8 Å². The van der Waals surface area contributed by atoms with E-state index in [4.69, 9.17) is 0 Å². The second-order valence-corrected chi connectivity index (χ2v) is 8.49. The molecule has 1 N–H and O–H groups in total. The summed E-state index contributed by atoms with van der Waals surface area (Å²) in [6.07, 6.45) is 16.5. The maximum absolute atomic E-state index is 11.1. The maximum atomic E-state index is 11.1. The van der Waals surface area contributed by atoms with Crippen LogP contribution in [0.2, 0.25) is 0 Å². The van der Waals surface area contributed by atoms with Crippen molar-refractivity contribution in [3.05, 3.63) is 35.5 Å². The highest BCUT2D eigenvalue weighted by molar-refractivity contribution is 5.34. The zero-order valence-corrected chi connectivity index (χ0v) is 14.3. The zero-order valence-electron chi connectivity index (χ0n) is 14.3. The van der Waals surface area contributed by atoms with Gasteiger partial charge < -0.3 is 5.11 Å². The average Bonchev–Trinajstić information content (AvgIpc) is 2.82. The molecule has 4 rings (SSSR count). The first-order chi connectivity index (χ1) is 10.5. The molecule has 0 saturated heterocycles. The molecule has 1 heteroatoms. The molecule has 22 heavy (non-hydrogen) atoms. The van der Waals surface area contributed by atoms with Crippen LogP contribution in [0.4, 0.5) is 0 Å². The van der Waals surface area contributed by atoms with Crippen molar-refractivity contribution in [2.75, 3.05) is 0 Å². The largest absolute Gasteiger partial charge is 0.393 e. The lowest BCUT2D eigenvalue weighted by Gasteiger charge is -2.58. The van der Waals surface area contributed by atoms with E-state index in [0.717, 1.165) is 25.2 Å². The molecule has 4 aliphatic rings. The molecule has 0 amide bonds. The second kappa shape index (κ2) is 4.84. The maximum Gasteiger partial charge on any atom is 0.0590 e. The zero-order chi connectivity index (χ0) is 15.5. The summed E-state index contributed by atoms with van der Waals surface area (Å²) in [4.78, 5) is 0. The first-order valence-electron chi connectivity index (χ1n) is 9.25. The molecule has 0 spiro atoms. The van der Waals surface area contributed by atoms with Gasteiger partial charge in [-0.05, 0) is 55.8 Å². The van der Waals surface area contributed by atoms with Gasteiger partial charge in [0.05, 0.1) is 6.10 Å². The smallest absolute Gasteiger partial charge is 0.0590 e. The van der Waals surface area contributed by atoms with Crippen molar-refractivity contribution in [3.63, 3.8) is 0 Å². The predicted octanol–water partition coefficient (Wildman–Crippen LogP) is 5.03. The molecule has 0 heterocycles. The Morgan fingerprint density at radius 2 is 2.09 bits per heavy atom. The fourth-order valence-corrected chi connectivity index (χ4v) is 6.67. The molecule has 6 atom stereocenters. The van der Waals surface area contributed by atoms with Gasteiger partial charge in [0.25, 0.3) is 0 Å². The van der Waals surface area contributed by atoms with Crippen molar-refractivity contribution in [1.29, 1.82) is 0 Å². The average molecular weight is 298 g/mol. The SMILES string of the molecule is CCC1=CC[C@H]2[C@@H]3CCC4=CCC=C[C@]4(C)[C@H]3[C@@H](O)C[C@]12C. The van der Waals surface area contributed by atoms with E-state index >= 15 is 0 Å². The van der Waals surface area contributed by atoms with Crippen LogP contribution in [0, 0.1) is 28.6 Å². The normalized spacial score (nSPS) is 49.8. The number of hydrogen-bond acceptors (Lipinski definition) is 1. The Kier molecular flexibility index (Phi) is 3.24. The Bertz CT molecular complexity index is 568. The third-order valence-electron chi connectivity index (χ3n) is 7.67. The molecular formula is C21H30O. The summed E-state index contributed by atoms with van der Waals surface area (Å²) in [6.45, 7) is 7.11. The summed E-state index contributed by atoms with van der Waals surface area (Å²) >= 11 is 0. The van der Waals surface area contributed by atoms with Crippen LogP contribution in [0.3, 0.4) is 0 Å². The Labute approximate surface area is 135 Å². The van der Waals surface area contributed by atoms with Crippen LogP contribution in [0.15, 0.2) is 35.5 Å². The van der Waals surface area contributed by atoms with Crippen molar-refractivity contribution in [3.8, 4) is 0 Å². The Hall–Kier alpha value is -0.820. The lowest BCUT2D eigenvalue weighted by molar-refractivity contribution is -0.0972. The van der Waals surface area contributed by atoms with Crippen molar-refractivity contribution in [2.24, 2.45) is 28.6 Å². The molecule has 0 aromatic heterocycles. The Balaban J connectivity index is 1.74. The highest BCUT2D eigenvalue weighted by Gasteiger charge is 2.59. The summed E-state index contributed by atoms with van der Waals surface area (Å²) in [5.74, 6) is 1.86. The Morgan fingerprint density at radius 3 is 2.86 bits per heavy atom. The molecular weight excluding hydrogens is 268 g/mol. The lowest BCUT2D eigenvalue weighted by Crippen LogP contribution is -2.55. The number of aliphatic hydroxyl groups is 1. The lowest BCUT2D eigenvalue weighted by atomic mass is 9.47. The topological polar surface area (TPSA) is 20.2 Å². The van der Waals surface area contributed by atoms with Gasteiger partial charge in [-0.2, -0.15) is 0 Å². The van der Waals surface area contributed by atoms with Gasteiger partial charge in [0.1, 0.15) is 0 Å². The number of aliphatic hydroxyl groups excluding tert-OH is 1. The molecule has 4 aliphatic carbocycles. The van der Waals surface area contributed by atoms with Crippen molar-refractivity contribution in [2.45, 2.75) is 65.4 Å². The van der Waals surface area contributed by atoms with E-state index in [1.807, 2.05) is 0 Å². The van der Waals surface area contributed by atoms with E-state index in [-0.39, 0.29) is 16.9 Å². The van der Waals surface area contributed by atoms with Gasteiger partial charge >= 0.3 is 0 Å². The molecule has 0 aliphatic heterocycles. The van der Waals surface area contributed by atoms with Crippen LogP contribution in [0.1, 0.15) is 59.3 Å². The minimum atomic E-state index is -0.157. The van der Waals surface area contributed by atoms with Gasteiger partial charge in [0.2, 0.25) is 0 Å². The first kappa shape index (κ1) is 14.8. The summed E-state index contributed by atoms with van der Waals surface area (Å²) in [5.41, 5.74) is 3.57. The molecule has 0 aromatic rings. The second-order valence-electron chi connectivity index (χ2n) is 8.49. The van der Waals surface area contributed by atoms with Crippen molar-refractivity contribution in [1.82, 2.24) is 0 Å². The van der Waals surface area contributed by atoms with Gasteiger partial charge in [0, 0.05) is 11.3 Å². The van der Waals surface area contributed by atoms with E-state index in [2.05, 4.69) is 45.1 Å². The molecule has 2 saturated carbocycles. The minimum absolute atomic E-state index is 0.108. The van der Waals surface area contributed by atoms with Gasteiger partial charge in [-0.15, -0.1) is 0 Å². The highest BCUT2D eigenvalue weighted by atomic mass is 16.3. The van der Waals surface area contributed by atoms with Crippen molar-refractivity contribution >= 4 is 0 Å². The third-order valence-corrected chi connectivity index (χ3v) is 7.67. The van der Waals surface area contributed by atoms with Crippen LogP contribution in [0.25, 0.3) is 0 Å². The van der Waals surface area contributed by atoms with Gasteiger partial charge in [-0.25, -0.2) is 0 Å². The highest BCUT2D eigenvalue weighted by Crippen LogP contribution is 2.64. The van der Waals surface area contributed by atoms with E-state index in [9.17, 15) is 5.11 Å². The van der Waals surface area contributed by atoms with Crippen LogP contribution < -0.4 is 0 Å². The molecule has 0 radical (unpaired) electrons. The first-order valence-corrected chi connectivity index (χ1v) is 9.25. The summed E-state index contributed by atoms with van der Waals surface area (Å²) in [6, 6.07) is 0. The molecule has 0 bridgehead atoms. The minimum Gasteiger partial charge on any atom is -0.393 e. The van der Waals surface area contributed by atoms with Crippen LogP contribution in [-0.2, 0) is 0 Å². The number of fused-ring (bicyclic) bond motifs is 5. The Morgan fingerprint density at radius 1 is 1.27 bits per heavy atom. The van der Waals surface area contributed by atoms with Gasteiger partial charge in [-0.3, -0.25) is 0 Å². The third kappa shape index (κ3) is 1.75. The molecule has 2 fully saturated rings. The molecule has 1 nitrogen and oxygen atoms in total. The summed E-state index contributed by atoms with van der Waals surface area (Å²) in [5, 5.41) is 11.1. The fourth-order valence-electron chi connectivity index (χ4n) is 6.67. The van der Waals surface area contributed by atoms with Crippen LogP contribution in [0.5, 0.6) is 0 Å². The van der Waals surface area contributed by atoms with Gasteiger partial charge in [0.15, 0.2) is 0 Å². The van der Waals surface area contributed by atoms with E-state index in [1.54, 1.807) is 11.1 Å². The van der Waals surface area contributed by atoms with Crippen LogP contribution >= 0.6 is 0 Å². The standard InChI is InChI=1S/C21H30O/c1-4-14-9-11-17-16-10-8-15-7-5-6-12-20(15,2)19(16)18(22)13-21(14,17)3/h6-7,9,12,16-19,22H,4-5,8,10-11,13H2,1-3H3/t16-,17-,18-,19+,20-,21+/m0/s1.